The van der Waals surface area contributed by atoms with Crippen LogP contribution in [0.25, 0.3) is 0 Å². The number of primary amides is 1. The summed E-state index contributed by atoms with van der Waals surface area (Å²) in [6, 6.07) is 0.665. The van der Waals surface area contributed by atoms with E-state index in [1.54, 1.807) is 0 Å². The van der Waals surface area contributed by atoms with Crippen molar-refractivity contribution in [3.63, 3.8) is 0 Å². The van der Waals surface area contributed by atoms with Crippen LogP contribution in [0.15, 0.2) is 12.1 Å². The number of amides is 3. The maximum absolute atomic E-state index is 14.9. The average Bonchev–Trinajstić information content (AvgIpc) is 2.62. The highest BCUT2D eigenvalue weighted by atomic mass is 35.5. The molecule has 2 aliphatic rings. The molecule has 2 fully saturated rings. The molecule has 3 amide bonds. The number of alkyl halides is 3. The number of aliphatic hydroxyl groups is 1. The van der Waals surface area contributed by atoms with Gasteiger partial charge in [-0.15, -0.1) is 0 Å². The summed E-state index contributed by atoms with van der Waals surface area (Å²) in [5.41, 5.74) is 2.84. The van der Waals surface area contributed by atoms with Crippen molar-refractivity contribution in [3.8, 4) is 0 Å². The van der Waals surface area contributed by atoms with Crippen LogP contribution in [0, 0.1) is 23.5 Å². The maximum Gasteiger partial charge on any atom is 0.391 e. The zero-order valence-corrected chi connectivity index (χ0v) is 16.2. The molecule has 0 aromatic heterocycles. The molecule has 1 unspecified atom stereocenters. The Morgan fingerprint density at radius 2 is 2.00 bits per heavy atom. The van der Waals surface area contributed by atoms with Crippen molar-refractivity contribution in [2.24, 2.45) is 17.6 Å². The van der Waals surface area contributed by atoms with Gasteiger partial charge >= 0.3 is 12.2 Å². The molecule has 0 spiro atoms. The summed E-state index contributed by atoms with van der Waals surface area (Å²) in [6.07, 6.45) is -5.43. The molecule has 3 rings (SSSR count). The fraction of sp³-hybridized carbons (Fsp3) is 0.556. The van der Waals surface area contributed by atoms with Gasteiger partial charge in [-0.3, -0.25) is 4.79 Å². The lowest BCUT2D eigenvalue weighted by Crippen LogP contribution is -2.73. The van der Waals surface area contributed by atoms with Crippen LogP contribution in [-0.2, 0) is 4.79 Å². The van der Waals surface area contributed by atoms with Crippen LogP contribution in [-0.4, -0.2) is 53.4 Å². The predicted molar refractivity (Wildman–Crippen MR) is 95.5 cm³/mol. The molecule has 4 N–H and O–H groups in total. The number of rotatable bonds is 4. The fourth-order valence-electron chi connectivity index (χ4n) is 4.51. The number of nitrogens with zero attached hydrogens (tertiary/aromatic N) is 1. The molecule has 30 heavy (non-hydrogen) atoms. The number of hydrogen-bond acceptors (Lipinski definition) is 3. The van der Waals surface area contributed by atoms with Crippen LogP contribution < -0.4 is 11.1 Å². The molecule has 1 aromatic rings. The molecule has 1 saturated heterocycles. The van der Waals surface area contributed by atoms with Gasteiger partial charge in [-0.1, -0.05) is 17.7 Å². The molecule has 0 bridgehead atoms. The Morgan fingerprint density at radius 3 is 2.53 bits per heavy atom. The second-order valence-electron chi connectivity index (χ2n) is 7.54. The van der Waals surface area contributed by atoms with Gasteiger partial charge in [0, 0.05) is 19.0 Å². The number of aliphatic hydroxyl groups excluding tert-OH is 1. The van der Waals surface area contributed by atoms with E-state index in [0.717, 1.165) is 17.0 Å². The van der Waals surface area contributed by atoms with Crippen molar-refractivity contribution >= 4 is 23.5 Å². The third-order valence-electron chi connectivity index (χ3n) is 6.03. The largest absolute Gasteiger partial charge is 0.393 e. The first kappa shape index (κ1) is 22.5. The average molecular weight is 456 g/mol. The Bertz CT molecular complexity index is 862. The lowest BCUT2D eigenvalue weighted by Gasteiger charge is -2.53. The lowest BCUT2D eigenvalue weighted by molar-refractivity contribution is -0.210. The maximum atomic E-state index is 14.9. The Morgan fingerprint density at radius 1 is 1.37 bits per heavy atom. The van der Waals surface area contributed by atoms with E-state index in [1.165, 1.54) is 0 Å². The highest BCUT2D eigenvalue weighted by molar-refractivity contribution is 6.31. The lowest BCUT2D eigenvalue weighted by atomic mass is 9.59. The van der Waals surface area contributed by atoms with E-state index in [2.05, 4.69) is 5.32 Å². The van der Waals surface area contributed by atoms with Gasteiger partial charge in [-0.2, -0.15) is 13.2 Å². The SMILES string of the molecule is NC(=O)N1CCNC(=O)C1(CO)[C@H](c1ccc(F)c(Cl)c1F)C1CC(C(F)(F)F)C1. The normalized spacial score (nSPS) is 28.0. The number of benzene rings is 1. The van der Waals surface area contributed by atoms with Gasteiger partial charge in [0.1, 0.15) is 16.7 Å². The highest BCUT2D eigenvalue weighted by Gasteiger charge is 2.61. The number of piperazine rings is 1. The Kier molecular flexibility index (Phi) is 5.89. The third kappa shape index (κ3) is 3.47. The quantitative estimate of drug-likeness (QED) is 0.481. The van der Waals surface area contributed by atoms with Crippen molar-refractivity contribution < 1.29 is 36.6 Å². The number of urea groups is 1. The van der Waals surface area contributed by atoms with Crippen molar-refractivity contribution in [3.05, 3.63) is 34.4 Å². The zero-order valence-electron chi connectivity index (χ0n) is 15.5. The molecule has 166 valence electrons. The second kappa shape index (κ2) is 7.84. The van der Waals surface area contributed by atoms with Crippen LogP contribution in [0.1, 0.15) is 24.3 Å². The summed E-state index contributed by atoms with van der Waals surface area (Å²) in [4.78, 5) is 25.8. The monoisotopic (exact) mass is 455 g/mol. The Balaban J connectivity index is 2.17. The van der Waals surface area contributed by atoms with Gasteiger partial charge in [0.2, 0.25) is 5.91 Å². The van der Waals surface area contributed by atoms with Gasteiger partial charge in [0.05, 0.1) is 12.5 Å². The van der Waals surface area contributed by atoms with Crippen LogP contribution in [0.2, 0.25) is 5.02 Å². The van der Waals surface area contributed by atoms with Gasteiger partial charge in [-0.25, -0.2) is 13.6 Å². The van der Waals surface area contributed by atoms with Crippen LogP contribution in [0.3, 0.4) is 0 Å². The molecule has 1 aliphatic carbocycles. The van der Waals surface area contributed by atoms with Crippen LogP contribution >= 0.6 is 11.6 Å². The number of carbonyl (C=O) groups is 2. The predicted octanol–water partition coefficient (Wildman–Crippen LogP) is 2.53. The van der Waals surface area contributed by atoms with E-state index >= 15 is 0 Å². The minimum absolute atomic E-state index is 0.0151. The van der Waals surface area contributed by atoms with Crippen molar-refractivity contribution in [2.75, 3.05) is 19.7 Å². The van der Waals surface area contributed by atoms with Gasteiger partial charge in [0.25, 0.3) is 0 Å². The van der Waals surface area contributed by atoms with E-state index in [9.17, 15) is 36.6 Å². The van der Waals surface area contributed by atoms with Gasteiger partial charge < -0.3 is 21.1 Å². The topological polar surface area (TPSA) is 95.7 Å². The first-order valence-corrected chi connectivity index (χ1v) is 9.49. The molecule has 1 saturated carbocycles. The number of nitrogens with two attached hydrogens (primary N) is 1. The number of halogens is 6. The second-order valence-corrected chi connectivity index (χ2v) is 7.92. The van der Waals surface area contributed by atoms with E-state index in [-0.39, 0.29) is 18.7 Å². The summed E-state index contributed by atoms with van der Waals surface area (Å²) in [5.74, 6) is -7.34. The smallest absolute Gasteiger partial charge is 0.391 e. The third-order valence-corrected chi connectivity index (χ3v) is 6.37. The summed E-state index contributed by atoms with van der Waals surface area (Å²) in [6.45, 7) is -1.20. The van der Waals surface area contributed by atoms with Crippen molar-refractivity contribution in [1.29, 1.82) is 0 Å². The Hall–Kier alpha value is -2.14. The van der Waals surface area contributed by atoms with Gasteiger partial charge in [0.15, 0.2) is 5.54 Å². The highest BCUT2D eigenvalue weighted by Crippen LogP contribution is 2.55. The first-order valence-electron chi connectivity index (χ1n) is 9.11. The van der Waals surface area contributed by atoms with Gasteiger partial charge in [-0.05, 0) is 30.4 Å². The van der Waals surface area contributed by atoms with Crippen molar-refractivity contribution in [1.82, 2.24) is 10.2 Å². The summed E-state index contributed by atoms with van der Waals surface area (Å²) in [5, 5.41) is 11.8. The molecule has 0 radical (unpaired) electrons. The van der Waals surface area contributed by atoms with E-state index in [0.29, 0.717) is 0 Å². The molecule has 6 nitrogen and oxygen atoms in total. The molecule has 12 heteroatoms. The summed E-state index contributed by atoms with van der Waals surface area (Å²) < 4.78 is 67.9. The number of carbonyl (C=O) groups excluding carboxylic acids is 2. The van der Waals surface area contributed by atoms with E-state index in [4.69, 9.17) is 17.3 Å². The zero-order chi connectivity index (χ0) is 22.4. The van der Waals surface area contributed by atoms with Crippen LogP contribution in [0.5, 0.6) is 0 Å². The number of nitrogens with one attached hydrogen (secondary N) is 1. The van der Waals surface area contributed by atoms with Crippen LogP contribution in [0.4, 0.5) is 26.7 Å². The van der Waals surface area contributed by atoms with E-state index in [1.807, 2.05) is 0 Å². The molecule has 1 heterocycles. The molecule has 2 atom stereocenters. The minimum atomic E-state index is -4.50. The minimum Gasteiger partial charge on any atom is -0.393 e. The molecule has 1 aliphatic heterocycles. The summed E-state index contributed by atoms with van der Waals surface area (Å²) >= 11 is 5.66. The fourth-order valence-corrected chi connectivity index (χ4v) is 4.68. The van der Waals surface area contributed by atoms with Crippen molar-refractivity contribution in [2.45, 2.75) is 30.5 Å². The number of hydrogen-bond donors (Lipinski definition) is 3. The summed E-state index contributed by atoms with van der Waals surface area (Å²) in [7, 11) is 0. The van der Waals surface area contributed by atoms with E-state index < -0.39 is 77.5 Å². The molecular formula is C18H19ClF5N3O3. The standard InChI is InChI=1S/C18H19ClF5N3O3/c19-13-11(20)2-1-10(14(13)21)12(8-5-9(6-8)18(22,23)24)17(7-28)15(29)26-3-4-27(17)16(25)30/h1-2,8-9,12,28H,3-7H2,(H2,25,30)(H,26,29)/t8?,9?,12-,17?/m0/s1. The first-order chi connectivity index (χ1) is 13.9. The molecule has 1 aromatic carbocycles. The Labute approximate surface area is 173 Å². The molecular weight excluding hydrogens is 437 g/mol.